The minimum Gasteiger partial charge on any atom is -0.394 e. The summed E-state index contributed by atoms with van der Waals surface area (Å²) in [7, 11) is 0. The topological polar surface area (TPSA) is 139 Å². The number of anilines is 1. The molecule has 0 aliphatic heterocycles. The van der Waals surface area contributed by atoms with E-state index in [0.717, 1.165) is 4.57 Å². The maximum atomic E-state index is 11.5. The molecular weight excluding hydrogens is 242 g/mol. The van der Waals surface area contributed by atoms with Gasteiger partial charge in [-0.15, -0.1) is 0 Å². The number of nitrogen functional groups attached to an aromatic ring is 1. The first-order chi connectivity index (χ1) is 8.52. The molecule has 0 aromatic carbocycles. The summed E-state index contributed by atoms with van der Waals surface area (Å²) in [6.45, 7) is 1.33. The van der Waals surface area contributed by atoms with Gasteiger partial charge >= 0.3 is 0 Å². The van der Waals surface area contributed by atoms with Gasteiger partial charge in [0.2, 0.25) is 12.4 Å². The maximum absolute atomic E-state index is 11.5. The molecule has 0 radical (unpaired) electrons. The highest BCUT2D eigenvalue weighted by Gasteiger charge is 2.17. The van der Waals surface area contributed by atoms with Crippen LogP contribution in [0.3, 0.4) is 0 Å². The van der Waals surface area contributed by atoms with Crippen molar-refractivity contribution < 1.29 is 14.9 Å². The van der Waals surface area contributed by atoms with Gasteiger partial charge < -0.3 is 20.7 Å². The van der Waals surface area contributed by atoms with Crippen LogP contribution in [0.15, 0.2) is 11.1 Å². The number of aliphatic hydroxyl groups is 2. The van der Waals surface area contributed by atoms with Crippen LogP contribution in [0.4, 0.5) is 5.95 Å². The van der Waals surface area contributed by atoms with Crippen molar-refractivity contribution in [2.75, 3.05) is 12.3 Å². The molecule has 0 fully saturated rings. The van der Waals surface area contributed by atoms with E-state index in [0.29, 0.717) is 0 Å². The Balaban J connectivity index is 2.43. The number of rotatable bonds is 4. The highest BCUT2D eigenvalue weighted by molar-refractivity contribution is 5.70. The first-order valence-corrected chi connectivity index (χ1v) is 5.19. The third-order valence-corrected chi connectivity index (χ3v) is 2.30. The summed E-state index contributed by atoms with van der Waals surface area (Å²) in [6, 6.07) is 0. The number of fused-ring (bicyclic) bond motifs is 1. The number of hydrogen-bond acceptors (Lipinski definition) is 7. The van der Waals surface area contributed by atoms with E-state index in [1.807, 2.05) is 0 Å². The largest absolute Gasteiger partial charge is 0.394 e. The fourth-order valence-corrected chi connectivity index (χ4v) is 1.42. The number of nitrogens with one attached hydrogen (secondary N) is 1. The molecule has 2 heterocycles. The van der Waals surface area contributed by atoms with E-state index in [4.69, 9.17) is 15.6 Å². The summed E-state index contributed by atoms with van der Waals surface area (Å²) in [5, 5.41) is 18.6. The first kappa shape index (κ1) is 12.5. The molecule has 0 amide bonds. The van der Waals surface area contributed by atoms with Crippen molar-refractivity contribution >= 4 is 17.1 Å². The standard InChI is InChI=1S/C9H13N5O4/c1-4(2-15)18-9(17)14-3-11-5-6(14)12-8(10)13-7(5)16/h3-4,9,15,17H,2H2,1H3,(H3,10,12,13,16). The van der Waals surface area contributed by atoms with Crippen molar-refractivity contribution in [3.05, 3.63) is 16.7 Å². The number of aromatic amines is 1. The molecule has 0 spiro atoms. The molecule has 9 heteroatoms. The Labute approximate surface area is 101 Å². The Morgan fingerprint density at radius 1 is 1.67 bits per heavy atom. The molecule has 5 N–H and O–H groups in total. The van der Waals surface area contributed by atoms with E-state index in [9.17, 15) is 9.90 Å². The molecule has 2 rings (SSSR count). The van der Waals surface area contributed by atoms with Gasteiger partial charge in [0.25, 0.3) is 5.56 Å². The van der Waals surface area contributed by atoms with E-state index in [-0.39, 0.29) is 23.7 Å². The van der Waals surface area contributed by atoms with Gasteiger partial charge in [0, 0.05) is 0 Å². The third kappa shape index (κ3) is 2.18. The first-order valence-electron chi connectivity index (χ1n) is 5.19. The molecular formula is C9H13N5O4. The average Bonchev–Trinajstić information content (AvgIpc) is 2.72. The minimum absolute atomic E-state index is 0.0449. The SMILES string of the molecule is CC(CO)OC(O)n1cnc2c(=O)[nH]c(N)nc21. The van der Waals surface area contributed by atoms with Crippen LogP contribution in [0.1, 0.15) is 13.3 Å². The third-order valence-electron chi connectivity index (χ3n) is 2.30. The normalized spacial score (nSPS) is 14.8. The molecule has 98 valence electrons. The predicted molar refractivity (Wildman–Crippen MR) is 61.4 cm³/mol. The molecule has 0 bridgehead atoms. The lowest BCUT2D eigenvalue weighted by molar-refractivity contribution is -0.185. The van der Waals surface area contributed by atoms with Crippen molar-refractivity contribution in [3.8, 4) is 0 Å². The number of H-pyrrole nitrogens is 1. The Bertz CT molecular complexity index is 607. The highest BCUT2D eigenvalue weighted by atomic mass is 16.6. The molecule has 18 heavy (non-hydrogen) atoms. The van der Waals surface area contributed by atoms with Crippen LogP contribution in [0.2, 0.25) is 0 Å². The van der Waals surface area contributed by atoms with Crippen LogP contribution >= 0.6 is 0 Å². The Hall–Kier alpha value is -1.97. The van der Waals surface area contributed by atoms with E-state index in [1.165, 1.54) is 6.33 Å². The minimum atomic E-state index is -1.41. The van der Waals surface area contributed by atoms with Gasteiger partial charge in [0.1, 0.15) is 6.33 Å². The van der Waals surface area contributed by atoms with Crippen molar-refractivity contribution in [2.45, 2.75) is 19.4 Å². The quantitative estimate of drug-likeness (QED) is 0.490. The Kier molecular flexibility index (Phi) is 3.28. The lowest BCUT2D eigenvalue weighted by Gasteiger charge is -2.17. The van der Waals surface area contributed by atoms with E-state index in [1.54, 1.807) is 6.92 Å². The zero-order chi connectivity index (χ0) is 13.3. The summed E-state index contributed by atoms with van der Waals surface area (Å²) in [5.41, 5.74) is 5.06. The Morgan fingerprint density at radius 3 is 3.06 bits per heavy atom. The number of ether oxygens (including phenoxy) is 1. The van der Waals surface area contributed by atoms with Gasteiger partial charge in [-0.2, -0.15) is 4.98 Å². The molecule has 0 aliphatic rings. The van der Waals surface area contributed by atoms with Crippen LogP contribution in [0.5, 0.6) is 0 Å². The van der Waals surface area contributed by atoms with Gasteiger partial charge in [-0.25, -0.2) is 4.98 Å². The molecule has 2 atom stereocenters. The second-order valence-electron chi connectivity index (χ2n) is 3.73. The van der Waals surface area contributed by atoms with Gasteiger partial charge in [-0.1, -0.05) is 0 Å². The summed E-state index contributed by atoms with van der Waals surface area (Å²) >= 11 is 0. The van der Waals surface area contributed by atoms with Crippen LogP contribution in [-0.4, -0.2) is 42.4 Å². The van der Waals surface area contributed by atoms with Crippen LogP contribution in [0.25, 0.3) is 11.2 Å². The number of nitrogens with two attached hydrogens (primary N) is 1. The lowest BCUT2D eigenvalue weighted by Crippen LogP contribution is -2.21. The molecule has 9 nitrogen and oxygen atoms in total. The van der Waals surface area contributed by atoms with Crippen LogP contribution in [0, 0.1) is 0 Å². The fraction of sp³-hybridized carbons (Fsp3) is 0.444. The number of imidazole rings is 1. The molecule has 2 aromatic rings. The molecule has 2 unspecified atom stereocenters. The number of hydrogen-bond donors (Lipinski definition) is 4. The smallest absolute Gasteiger partial charge is 0.280 e. The highest BCUT2D eigenvalue weighted by Crippen LogP contribution is 2.14. The summed E-state index contributed by atoms with van der Waals surface area (Å²) < 4.78 is 6.21. The van der Waals surface area contributed by atoms with Crippen LogP contribution < -0.4 is 11.3 Å². The lowest BCUT2D eigenvalue weighted by atomic mass is 10.4. The number of nitrogens with zero attached hydrogens (tertiary/aromatic N) is 3. The van der Waals surface area contributed by atoms with Crippen molar-refractivity contribution in [3.63, 3.8) is 0 Å². The monoisotopic (exact) mass is 255 g/mol. The predicted octanol–water partition coefficient (Wildman–Crippen LogP) is -1.45. The van der Waals surface area contributed by atoms with Crippen molar-refractivity contribution in [1.29, 1.82) is 0 Å². The van der Waals surface area contributed by atoms with Gasteiger partial charge in [-0.3, -0.25) is 14.3 Å². The van der Waals surface area contributed by atoms with E-state index >= 15 is 0 Å². The zero-order valence-electron chi connectivity index (χ0n) is 9.57. The van der Waals surface area contributed by atoms with Crippen LogP contribution in [-0.2, 0) is 4.74 Å². The van der Waals surface area contributed by atoms with E-state index < -0.39 is 18.1 Å². The zero-order valence-corrected chi connectivity index (χ0v) is 9.57. The summed E-state index contributed by atoms with van der Waals surface area (Å²) in [6.07, 6.45) is -0.774. The molecule has 2 aromatic heterocycles. The number of aliphatic hydroxyl groups excluding tert-OH is 2. The van der Waals surface area contributed by atoms with Crippen molar-refractivity contribution in [2.24, 2.45) is 0 Å². The molecule has 0 saturated heterocycles. The van der Waals surface area contributed by atoms with Gasteiger partial charge in [-0.05, 0) is 6.92 Å². The Morgan fingerprint density at radius 2 is 2.39 bits per heavy atom. The summed E-state index contributed by atoms with van der Waals surface area (Å²) in [4.78, 5) is 21.5. The maximum Gasteiger partial charge on any atom is 0.280 e. The van der Waals surface area contributed by atoms with Crippen molar-refractivity contribution in [1.82, 2.24) is 19.5 Å². The average molecular weight is 255 g/mol. The second kappa shape index (κ2) is 4.72. The number of aromatic nitrogens is 4. The van der Waals surface area contributed by atoms with Gasteiger partial charge in [0.15, 0.2) is 11.2 Å². The van der Waals surface area contributed by atoms with E-state index in [2.05, 4.69) is 15.0 Å². The second-order valence-corrected chi connectivity index (χ2v) is 3.73. The van der Waals surface area contributed by atoms with Gasteiger partial charge in [0.05, 0.1) is 12.7 Å². The summed E-state index contributed by atoms with van der Waals surface area (Å²) in [5.74, 6) is -0.0864. The molecule has 0 aliphatic carbocycles. The fourth-order valence-electron chi connectivity index (χ4n) is 1.42. The molecule has 0 saturated carbocycles.